The van der Waals surface area contributed by atoms with Crippen LogP contribution >= 0.6 is 7.82 Å². The number of phosphoric ester groups is 1. The number of carbonyl (C=O) groups is 1. The monoisotopic (exact) mass is 1090 g/mol. The van der Waals surface area contributed by atoms with E-state index in [1.54, 1.807) is 6.08 Å². The Morgan fingerprint density at radius 3 is 1.01 bits per heavy atom. The molecular weight excluding hydrogens is 960 g/mol. The largest absolute Gasteiger partial charge is 0.472 e. The number of aliphatic hydroxyl groups excluding tert-OH is 1. The topological polar surface area (TPSA) is 105 Å². The molecule has 76 heavy (non-hydrogen) atoms. The predicted molar refractivity (Wildman–Crippen MR) is 332 cm³/mol. The molecule has 0 aromatic heterocycles. The van der Waals surface area contributed by atoms with Crippen LogP contribution in [0, 0.1) is 0 Å². The summed E-state index contributed by atoms with van der Waals surface area (Å²) in [6.45, 7) is 4.88. The first-order chi connectivity index (χ1) is 37.0. The van der Waals surface area contributed by atoms with Gasteiger partial charge >= 0.3 is 7.82 Å². The molecule has 3 N–H and O–H groups in total. The molecule has 0 radical (unpaired) electrons. The number of nitrogens with zero attached hydrogens (tertiary/aromatic N) is 1. The molecule has 0 fully saturated rings. The summed E-state index contributed by atoms with van der Waals surface area (Å²) in [5, 5.41) is 14.0. The van der Waals surface area contributed by atoms with Crippen LogP contribution in [0.3, 0.4) is 0 Å². The Morgan fingerprint density at radius 1 is 0.434 bits per heavy atom. The number of aliphatic hydroxyl groups is 1. The number of likely N-dealkylation sites (N-methyl/N-ethyl adjacent to an activating group) is 1. The van der Waals surface area contributed by atoms with Gasteiger partial charge in [0.15, 0.2) is 0 Å². The van der Waals surface area contributed by atoms with Crippen LogP contribution < -0.4 is 5.32 Å². The molecule has 452 valence electrons. The molecule has 0 heterocycles. The second-order valence-corrected chi connectivity index (χ2v) is 26.0. The van der Waals surface area contributed by atoms with Gasteiger partial charge in [-0.15, -0.1) is 0 Å². The Morgan fingerprint density at radius 2 is 0.711 bits per heavy atom. The van der Waals surface area contributed by atoms with Crippen LogP contribution in [-0.4, -0.2) is 73.4 Å². The number of rotatable bonds is 63. The van der Waals surface area contributed by atoms with Crippen LogP contribution in [0.25, 0.3) is 0 Å². The lowest BCUT2D eigenvalue weighted by molar-refractivity contribution is -0.870. The highest BCUT2D eigenvalue weighted by Crippen LogP contribution is 2.43. The summed E-state index contributed by atoms with van der Waals surface area (Å²) in [6, 6.07) is -0.846. The van der Waals surface area contributed by atoms with Crippen molar-refractivity contribution >= 4 is 13.7 Å². The fraction of sp³-hybridized carbons (Fsp3) is 0.925. The number of hydrogen-bond acceptors (Lipinski definition) is 5. The number of unbranched alkanes of at least 4 members (excludes halogenated alkanes) is 48. The summed E-state index contributed by atoms with van der Waals surface area (Å²) in [5.74, 6) is -0.170. The van der Waals surface area contributed by atoms with Gasteiger partial charge in [0.2, 0.25) is 5.91 Å². The van der Waals surface area contributed by atoms with Gasteiger partial charge in [-0.2, -0.15) is 0 Å². The third-order valence-corrected chi connectivity index (χ3v) is 16.6. The van der Waals surface area contributed by atoms with Crippen LogP contribution in [0.4, 0.5) is 0 Å². The minimum Gasteiger partial charge on any atom is -0.387 e. The molecule has 0 bridgehead atoms. The minimum absolute atomic E-state index is 0.0638. The maximum atomic E-state index is 13.0. The van der Waals surface area contributed by atoms with Gasteiger partial charge in [-0.25, -0.2) is 4.57 Å². The van der Waals surface area contributed by atoms with E-state index in [2.05, 4.69) is 31.3 Å². The Balaban J connectivity index is 4.08. The van der Waals surface area contributed by atoms with E-state index in [1.807, 2.05) is 27.2 Å². The lowest BCUT2D eigenvalue weighted by Gasteiger charge is -2.25. The van der Waals surface area contributed by atoms with E-state index in [0.717, 1.165) is 32.1 Å². The van der Waals surface area contributed by atoms with E-state index in [0.29, 0.717) is 17.4 Å². The molecule has 0 aromatic carbocycles. The second-order valence-electron chi connectivity index (χ2n) is 24.6. The van der Waals surface area contributed by atoms with Gasteiger partial charge in [0.1, 0.15) is 13.2 Å². The van der Waals surface area contributed by atoms with Gasteiger partial charge in [-0.05, 0) is 44.9 Å². The maximum absolute atomic E-state index is 13.0. The molecule has 0 spiro atoms. The van der Waals surface area contributed by atoms with Gasteiger partial charge in [0.05, 0.1) is 39.9 Å². The van der Waals surface area contributed by atoms with E-state index >= 15 is 0 Å². The quantitative estimate of drug-likeness (QED) is 0.0243. The Kier molecular flexibility index (Phi) is 57.8. The molecule has 0 saturated heterocycles. The number of amides is 1. The molecular formula is C67H134N2O6P+. The molecule has 0 rings (SSSR count). The number of hydrogen-bond donors (Lipinski definition) is 3. The van der Waals surface area contributed by atoms with Gasteiger partial charge < -0.3 is 19.8 Å². The molecule has 3 atom stereocenters. The standard InChI is InChI=1S/C67H133N2O6P/c1-6-8-10-12-14-16-18-20-22-24-26-28-30-32-33-34-35-37-39-41-43-45-47-49-51-53-55-57-59-61-67(71)68-65(64-75-76(72,73)74-63-62-69(3,4)5)66(70)60-58-56-54-52-50-48-46-44-42-40-38-36-31-29-27-25-23-21-19-17-15-13-11-9-7-2/h32-33,58,60,65-66,70H,6-31,34-57,59,61-64H2,1-5H3,(H-,68,71,72,73)/p+1/b33-32-,60-58+. The highest BCUT2D eigenvalue weighted by Gasteiger charge is 2.28. The lowest BCUT2D eigenvalue weighted by atomic mass is 10.0. The average Bonchev–Trinajstić information content (AvgIpc) is 3.38. The van der Waals surface area contributed by atoms with Crippen molar-refractivity contribution in [2.75, 3.05) is 40.9 Å². The smallest absolute Gasteiger partial charge is 0.387 e. The Hall–Kier alpha value is -1.02. The summed E-state index contributed by atoms with van der Waals surface area (Å²) < 4.78 is 23.8. The van der Waals surface area contributed by atoms with Gasteiger partial charge in [0, 0.05) is 6.42 Å². The Labute approximate surface area is 474 Å². The van der Waals surface area contributed by atoms with E-state index in [-0.39, 0.29) is 19.1 Å². The minimum atomic E-state index is -4.35. The van der Waals surface area contributed by atoms with Crippen molar-refractivity contribution in [3.8, 4) is 0 Å². The SMILES string of the molecule is CCCCCCCCCCCCCC/C=C\CCCCCCCCCCCCCCCC(=O)NC(COP(=O)(O)OCC[N+](C)(C)C)C(O)/C=C/CCCCCCCCCCCCCCCCCCCCCCCCC. The molecule has 0 aliphatic heterocycles. The van der Waals surface area contributed by atoms with Crippen LogP contribution in [-0.2, 0) is 18.4 Å². The van der Waals surface area contributed by atoms with Crippen molar-refractivity contribution in [1.29, 1.82) is 0 Å². The summed E-state index contributed by atoms with van der Waals surface area (Å²) in [7, 11) is 1.59. The second kappa shape index (κ2) is 58.6. The van der Waals surface area contributed by atoms with Crippen LogP contribution in [0.15, 0.2) is 24.3 Å². The molecule has 0 aliphatic carbocycles. The van der Waals surface area contributed by atoms with Gasteiger partial charge in [-0.3, -0.25) is 13.8 Å². The molecule has 9 heteroatoms. The van der Waals surface area contributed by atoms with E-state index in [9.17, 15) is 19.4 Å². The summed E-state index contributed by atoms with van der Waals surface area (Å²) in [6.07, 6.45) is 76.0. The van der Waals surface area contributed by atoms with E-state index < -0.39 is 20.0 Å². The number of phosphoric acid groups is 1. The number of carbonyl (C=O) groups excluding carboxylic acids is 1. The van der Waals surface area contributed by atoms with Crippen molar-refractivity contribution in [3.05, 3.63) is 24.3 Å². The van der Waals surface area contributed by atoms with Gasteiger partial charge in [-0.1, -0.05) is 321 Å². The highest BCUT2D eigenvalue weighted by atomic mass is 31.2. The number of nitrogens with one attached hydrogen (secondary N) is 1. The zero-order chi connectivity index (χ0) is 55.6. The molecule has 1 amide bonds. The highest BCUT2D eigenvalue weighted by molar-refractivity contribution is 7.47. The summed E-state index contributed by atoms with van der Waals surface area (Å²) in [5.41, 5.74) is 0. The summed E-state index contributed by atoms with van der Waals surface area (Å²) in [4.78, 5) is 23.4. The van der Waals surface area contributed by atoms with Crippen molar-refractivity contribution in [3.63, 3.8) is 0 Å². The first kappa shape index (κ1) is 75.0. The van der Waals surface area contributed by atoms with Gasteiger partial charge in [0.25, 0.3) is 0 Å². The first-order valence-electron chi connectivity index (χ1n) is 33.7. The third kappa shape index (κ3) is 60.6. The molecule has 0 saturated carbocycles. The van der Waals surface area contributed by atoms with Crippen LogP contribution in [0.2, 0.25) is 0 Å². The normalized spacial score (nSPS) is 13.8. The van der Waals surface area contributed by atoms with Crippen molar-refractivity contribution in [2.45, 2.75) is 360 Å². The van der Waals surface area contributed by atoms with Crippen LogP contribution in [0.1, 0.15) is 348 Å². The molecule has 8 nitrogen and oxygen atoms in total. The number of allylic oxidation sites excluding steroid dienone is 3. The number of quaternary nitrogens is 1. The van der Waals surface area contributed by atoms with Crippen molar-refractivity contribution < 1.29 is 32.9 Å². The fourth-order valence-corrected chi connectivity index (χ4v) is 11.1. The average molecular weight is 1090 g/mol. The zero-order valence-electron chi connectivity index (χ0n) is 51.8. The lowest BCUT2D eigenvalue weighted by Crippen LogP contribution is -2.45. The first-order valence-corrected chi connectivity index (χ1v) is 35.2. The molecule has 3 unspecified atom stereocenters. The zero-order valence-corrected chi connectivity index (χ0v) is 52.7. The van der Waals surface area contributed by atoms with Crippen molar-refractivity contribution in [1.82, 2.24) is 5.32 Å². The maximum Gasteiger partial charge on any atom is 0.472 e. The van der Waals surface area contributed by atoms with E-state index in [1.165, 1.54) is 295 Å². The van der Waals surface area contributed by atoms with Crippen molar-refractivity contribution in [2.24, 2.45) is 0 Å². The van der Waals surface area contributed by atoms with Crippen LogP contribution in [0.5, 0.6) is 0 Å². The Bertz CT molecular complexity index is 1290. The third-order valence-electron chi connectivity index (χ3n) is 15.7. The fourth-order valence-electron chi connectivity index (χ4n) is 10.4. The molecule has 0 aliphatic rings. The summed E-state index contributed by atoms with van der Waals surface area (Å²) >= 11 is 0. The predicted octanol–water partition coefficient (Wildman–Crippen LogP) is 21.1. The van der Waals surface area contributed by atoms with E-state index in [4.69, 9.17) is 9.05 Å². The molecule has 0 aromatic rings.